The maximum atomic E-state index is 2.48. The monoisotopic (exact) mass is 344 g/mol. The minimum Gasteiger partial charge on any atom is -0.0839 e. The van der Waals surface area contributed by atoms with Gasteiger partial charge in [-0.25, -0.2) is 0 Å². The van der Waals surface area contributed by atoms with Gasteiger partial charge >= 0.3 is 0 Å². The molecule has 4 aliphatic rings. The molecule has 27 heavy (non-hydrogen) atoms. The summed E-state index contributed by atoms with van der Waals surface area (Å²) < 4.78 is 0. The second-order valence-electron chi connectivity index (χ2n) is 8.42. The van der Waals surface area contributed by atoms with Crippen LogP contribution < -0.4 is 10.4 Å². The topological polar surface area (TPSA) is 0 Å². The van der Waals surface area contributed by atoms with E-state index in [1.807, 2.05) is 0 Å². The average Bonchev–Trinajstić information content (AvgIpc) is 2.72. The van der Waals surface area contributed by atoms with E-state index in [0.717, 1.165) is 12.8 Å². The van der Waals surface area contributed by atoms with E-state index in [0.29, 0.717) is 5.92 Å². The van der Waals surface area contributed by atoms with Crippen molar-refractivity contribution in [2.75, 3.05) is 0 Å². The van der Waals surface area contributed by atoms with Gasteiger partial charge in [0.25, 0.3) is 0 Å². The van der Waals surface area contributed by atoms with Crippen molar-refractivity contribution < 1.29 is 0 Å². The molecule has 0 radical (unpaired) electrons. The SMILES string of the molecule is C1=CCC2CC3=c4c(ccc5ccc6c7c(cc(c6c45)C3)=CCC=C7)C2=C1. The molecule has 0 heterocycles. The number of rotatable bonds is 0. The molecule has 0 bridgehead atoms. The first-order chi connectivity index (χ1) is 13.4. The minimum atomic E-state index is 0.669. The van der Waals surface area contributed by atoms with Gasteiger partial charge in [-0.1, -0.05) is 72.4 Å². The number of benzene rings is 3. The first-order valence-corrected chi connectivity index (χ1v) is 10.2. The molecule has 0 saturated heterocycles. The van der Waals surface area contributed by atoms with Crippen LogP contribution in [0, 0.1) is 5.92 Å². The van der Waals surface area contributed by atoms with Gasteiger partial charge in [0.1, 0.15) is 0 Å². The zero-order valence-electron chi connectivity index (χ0n) is 15.3. The Labute approximate surface area is 158 Å². The third kappa shape index (κ3) is 1.74. The summed E-state index contributed by atoms with van der Waals surface area (Å²) in [5.41, 5.74) is 7.68. The molecule has 0 spiro atoms. The van der Waals surface area contributed by atoms with Crippen molar-refractivity contribution in [1.82, 2.24) is 0 Å². The Bertz CT molecular complexity index is 1410. The Balaban J connectivity index is 1.73. The van der Waals surface area contributed by atoms with Crippen LogP contribution in [0.4, 0.5) is 0 Å². The lowest BCUT2D eigenvalue weighted by Crippen LogP contribution is -2.28. The van der Waals surface area contributed by atoms with Crippen molar-refractivity contribution in [3.63, 3.8) is 0 Å². The van der Waals surface area contributed by atoms with Gasteiger partial charge in [0.05, 0.1) is 0 Å². The van der Waals surface area contributed by atoms with Crippen LogP contribution in [0.3, 0.4) is 0 Å². The van der Waals surface area contributed by atoms with Crippen LogP contribution in [0.1, 0.15) is 36.0 Å². The Hall–Kier alpha value is -2.86. The van der Waals surface area contributed by atoms with Crippen molar-refractivity contribution in [2.24, 2.45) is 5.92 Å². The summed E-state index contributed by atoms with van der Waals surface area (Å²) in [5, 5.41) is 8.85. The molecule has 4 aliphatic carbocycles. The van der Waals surface area contributed by atoms with Crippen LogP contribution in [0.5, 0.6) is 0 Å². The van der Waals surface area contributed by atoms with Crippen molar-refractivity contribution in [1.29, 1.82) is 0 Å². The van der Waals surface area contributed by atoms with Crippen LogP contribution in [0.2, 0.25) is 0 Å². The first-order valence-electron chi connectivity index (χ1n) is 10.2. The Morgan fingerprint density at radius 1 is 0.963 bits per heavy atom. The lowest BCUT2D eigenvalue weighted by molar-refractivity contribution is 0.680. The standard InChI is InChI=1S/C27H20/c1-3-7-21-17(5-1)13-19-15-20-14-18-6-2-4-8-22(18)24-12-10-16-9-11-23(21)25(19)27(16)26(20)24/h1,3-4,6-12,14,17H,2,5,13,15H2. The highest BCUT2D eigenvalue weighted by Crippen LogP contribution is 2.42. The van der Waals surface area contributed by atoms with Crippen LogP contribution in [-0.4, -0.2) is 0 Å². The quantitative estimate of drug-likeness (QED) is 0.488. The van der Waals surface area contributed by atoms with Gasteiger partial charge in [0.2, 0.25) is 0 Å². The van der Waals surface area contributed by atoms with Gasteiger partial charge in [0, 0.05) is 0 Å². The Morgan fingerprint density at radius 3 is 2.93 bits per heavy atom. The third-order valence-electron chi connectivity index (χ3n) is 7.03. The van der Waals surface area contributed by atoms with E-state index >= 15 is 0 Å². The van der Waals surface area contributed by atoms with E-state index < -0.39 is 0 Å². The molecule has 0 heteroatoms. The fraction of sp³-hybridized carbons (Fsp3) is 0.185. The molecule has 7 rings (SSSR count). The molecule has 0 nitrogen and oxygen atoms in total. The highest BCUT2D eigenvalue weighted by molar-refractivity contribution is 6.15. The van der Waals surface area contributed by atoms with Crippen LogP contribution in [-0.2, 0) is 6.42 Å². The van der Waals surface area contributed by atoms with Gasteiger partial charge in [-0.15, -0.1) is 0 Å². The van der Waals surface area contributed by atoms with Crippen molar-refractivity contribution in [3.8, 4) is 0 Å². The molecule has 1 unspecified atom stereocenters. The van der Waals surface area contributed by atoms with E-state index in [9.17, 15) is 0 Å². The molecule has 0 amide bonds. The number of allylic oxidation sites excluding steroid dienone is 5. The number of hydrogen-bond donors (Lipinski definition) is 0. The summed E-state index contributed by atoms with van der Waals surface area (Å²) in [6.45, 7) is 0. The lowest BCUT2D eigenvalue weighted by atomic mass is 9.72. The van der Waals surface area contributed by atoms with E-state index in [-0.39, 0.29) is 0 Å². The fourth-order valence-electron chi connectivity index (χ4n) is 5.92. The van der Waals surface area contributed by atoms with E-state index in [1.54, 1.807) is 21.9 Å². The summed E-state index contributed by atoms with van der Waals surface area (Å²) in [4.78, 5) is 0. The Morgan fingerprint density at radius 2 is 1.93 bits per heavy atom. The summed E-state index contributed by atoms with van der Waals surface area (Å²) >= 11 is 0. The largest absolute Gasteiger partial charge is 0.0839 e. The van der Waals surface area contributed by atoms with Crippen LogP contribution in [0.15, 0.2) is 54.6 Å². The van der Waals surface area contributed by atoms with E-state index in [2.05, 4.69) is 66.8 Å². The predicted octanol–water partition coefficient (Wildman–Crippen LogP) is 5.26. The summed E-state index contributed by atoms with van der Waals surface area (Å²) in [6.07, 6.45) is 18.6. The molecule has 128 valence electrons. The zero-order valence-corrected chi connectivity index (χ0v) is 15.3. The fourth-order valence-corrected chi connectivity index (χ4v) is 5.92. The summed E-state index contributed by atoms with van der Waals surface area (Å²) in [6, 6.07) is 11.9. The maximum absolute atomic E-state index is 2.48. The molecule has 0 saturated carbocycles. The first kappa shape index (κ1) is 14.2. The molecule has 0 N–H and O–H groups in total. The molecule has 0 aromatic heterocycles. The van der Waals surface area contributed by atoms with Gasteiger partial charge in [-0.3, -0.25) is 0 Å². The second-order valence-corrected chi connectivity index (χ2v) is 8.42. The molecule has 0 aliphatic heterocycles. The molecular weight excluding hydrogens is 324 g/mol. The van der Waals surface area contributed by atoms with Gasteiger partial charge in [-0.2, -0.15) is 0 Å². The van der Waals surface area contributed by atoms with Crippen LogP contribution in [0.25, 0.3) is 44.8 Å². The summed E-state index contributed by atoms with van der Waals surface area (Å²) in [7, 11) is 0. The Kier molecular flexibility index (Phi) is 2.58. The van der Waals surface area contributed by atoms with Gasteiger partial charge in [-0.05, 0) is 85.8 Å². The van der Waals surface area contributed by atoms with Crippen molar-refractivity contribution in [3.05, 3.63) is 81.8 Å². The maximum Gasteiger partial charge on any atom is -0.00239 e. The van der Waals surface area contributed by atoms with Crippen LogP contribution >= 0.6 is 0 Å². The van der Waals surface area contributed by atoms with Gasteiger partial charge in [0.15, 0.2) is 0 Å². The third-order valence-corrected chi connectivity index (χ3v) is 7.03. The molecular formula is C27H20. The predicted molar refractivity (Wildman–Crippen MR) is 116 cm³/mol. The highest BCUT2D eigenvalue weighted by atomic mass is 14.3. The molecule has 3 aromatic rings. The number of hydrogen-bond acceptors (Lipinski definition) is 0. The van der Waals surface area contributed by atoms with E-state index in [1.165, 1.54) is 50.7 Å². The average molecular weight is 344 g/mol. The van der Waals surface area contributed by atoms with Crippen molar-refractivity contribution in [2.45, 2.75) is 25.7 Å². The minimum absolute atomic E-state index is 0.669. The normalized spacial score (nSPS) is 21.3. The molecule has 3 aromatic carbocycles. The smallest absolute Gasteiger partial charge is 0.00239 e. The van der Waals surface area contributed by atoms with Crippen molar-refractivity contribution >= 4 is 44.8 Å². The zero-order chi connectivity index (χ0) is 17.5. The van der Waals surface area contributed by atoms with Gasteiger partial charge < -0.3 is 0 Å². The lowest BCUT2D eigenvalue weighted by Gasteiger charge is -2.32. The summed E-state index contributed by atoms with van der Waals surface area (Å²) in [5.74, 6) is 0.669. The second kappa shape index (κ2) is 4.89. The highest BCUT2D eigenvalue weighted by Gasteiger charge is 2.29. The molecule has 1 atom stereocenters. The van der Waals surface area contributed by atoms with E-state index in [4.69, 9.17) is 0 Å². The number of fused-ring (bicyclic) bond motifs is 4. The molecule has 0 fully saturated rings.